The fraction of sp³-hybridized carbons (Fsp3) is 0.625. The molecule has 1 atom stereocenters. The van der Waals surface area contributed by atoms with E-state index in [0.29, 0.717) is 6.04 Å². The first-order valence-electron chi connectivity index (χ1n) is 7.28. The maximum absolute atomic E-state index is 5.90. The summed E-state index contributed by atoms with van der Waals surface area (Å²) in [6, 6.07) is 7.03. The minimum Gasteiger partial charge on any atom is -0.493 e. The molecule has 1 heterocycles. The van der Waals surface area contributed by atoms with Gasteiger partial charge in [-0.2, -0.15) is 0 Å². The second kappa shape index (κ2) is 6.79. The molecule has 100 valence electrons. The Labute approximate surface area is 111 Å². The first-order chi connectivity index (χ1) is 8.86. The predicted octanol–water partition coefficient (Wildman–Crippen LogP) is 3.85. The molecule has 0 saturated heterocycles. The number of rotatable bonds is 6. The maximum atomic E-state index is 5.90. The number of aryl methyl sites for hydroxylation is 1. The Kier molecular flexibility index (Phi) is 5.06. The van der Waals surface area contributed by atoms with Crippen molar-refractivity contribution in [3.05, 3.63) is 29.3 Å². The molecule has 1 aliphatic rings. The fourth-order valence-corrected chi connectivity index (χ4v) is 2.74. The summed E-state index contributed by atoms with van der Waals surface area (Å²) in [4.78, 5) is 0. The Morgan fingerprint density at radius 3 is 3.00 bits per heavy atom. The van der Waals surface area contributed by atoms with Gasteiger partial charge in [-0.25, -0.2) is 0 Å². The summed E-state index contributed by atoms with van der Waals surface area (Å²) in [7, 11) is 2.05. The molecule has 1 unspecified atom stereocenters. The average molecular weight is 247 g/mol. The lowest BCUT2D eigenvalue weighted by Crippen LogP contribution is -2.19. The highest BCUT2D eigenvalue weighted by atomic mass is 16.5. The van der Waals surface area contributed by atoms with Crippen LogP contribution in [-0.2, 0) is 6.42 Å². The Hall–Kier alpha value is -1.02. The number of ether oxygens (including phenoxy) is 1. The minimum absolute atomic E-state index is 0.435. The summed E-state index contributed by atoms with van der Waals surface area (Å²) >= 11 is 0. The summed E-state index contributed by atoms with van der Waals surface area (Å²) in [6.07, 6.45) is 7.38. The zero-order chi connectivity index (χ0) is 12.8. The lowest BCUT2D eigenvalue weighted by atomic mass is 9.95. The van der Waals surface area contributed by atoms with Crippen molar-refractivity contribution in [3.8, 4) is 5.75 Å². The van der Waals surface area contributed by atoms with Crippen LogP contribution in [0, 0.1) is 0 Å². The van der Waals surface area contributed by atoms with Gasteiger partial charge in [0.2, 0.25) is 0 Å². The van der Waals surface area contributed by atoms with Crippen molar-refractivity contribution < 1.29 is 4.74 Å². The molecule has 0 aliphatic carbocycles. The van der Waals surface area contributed by atoms with Crippen LogP contribution in [0.1, 0.15) is 56.2 Å². The third-order valence-corrected chi connectivity index (χ3v) is 3.78. The van der Waals surface area contributed by atoms with E-state index in [1.165, 1.54) is 36.8 Å². The Balaban J connectivity index is 2.14. The van der Waals surface area contributed by atoms with Crippen LogP contribution in [-0.4, -0.2) is 13.7 Å². The van der Waals surface area contributed by atoms with Gasteiger partial charge in [0.25, 0.3) is 0 Å². The van der Waals surface area contributed by atoms with Crippen LogP contribution in [0.25, 0.3) is 0 Å². The number of hydrogen-bond acceptors (Lipinski definition) is 2. The molecule has 2 heteroatoms. The van der Waals surface area contributed by atoms with Crippen LogP contribution in [0.4, 0.5) is 0 Å². The van der Waals surface area contributed by atoms with Crippen LogP contribution in [0.2, 0.25) is 0 Å². The smallest absolute Gasteiger partial charge is 0.127 e. The van der Waals surface area contributed by atoms with E-state index in [4.69, 9.17) is 4.74 Å². The van der Waals surface area contributed by atoms with Gasteiger partial charge in [-0.05, 0) is 31.9 Å². The summed E-state index contributed by atoms with van der Waals surface area (Å²) in [5.41, 5.74) is 2.74. The van der Waals surface area contributed by atoms with Crippen molar-refractivity contribution in [1.82, 2.24) is 5.32 Å². The molecule has 0 fully saturated rings. The van der Waals surface area contributed by atoms with Gasteiger partial charge in [0.05, 0.1) is 6.61 Å². The van der Waals surface area contributed by atoms with E-state index in [0.717, 1.165) is 25.2 Å². The third kappa shape index (κ3) is 3.05. The van der Waals surface area contributed by atoms with Crippen molar-refractivity contribution in [2.75, 3.05) is 13.7 Å². The zero-order valence-corrected chi connectivity index (χ0v) is 11.7. The Morgan fingerprint density at radius 2 is 2.22 bits per heavy atom. The van der Waals surface area contributed by atoms with Gasteiger partial charge in [-0.15, -0.1) is 0 Å². The van der Waals surface area contributed by atoms with E-state index < -0.39 is 0 Å². The van der Waals surface area contributed by atoms with E-state index in [1.54, 1.807) is 0 Å². The predicted molar refractivity (Wildman–Crippen MR) is 76.2 cm³/mol. The standard InChI is InChI=1S/C16H25NO/c1-3-4-5-11-15(17-2)14-10-6-8-13-9-7-12-18-16(13)14/h6,8,10,15,17H,3-5,7,9,11-12H2,1-2H3. The van der Waals surface area contributed by atoms with Gasteiger partial charge < -0.3 is 10.1 Å². The summed E-state index contributed by atoms with van der Waals surface area (Å²) < 4.78 is 5.90. The lowest BCUT2D eigenvalue weighted by molar-refractivity contribution is 0.281. The van der Waals surface area contributed by atoms with Crippen LogP contribution < -0.4 is 10.1 Å². The van der Waals surface area contributed by atoms with Gasteiger partial charge in [0, 0.05) is 11.6 Å². The summed E-state index contributed by atoms with van der Waals surface area (Å²) in [6.45, 7) is 3.12. The number of benzene rings is 1. The van der Waals surface area contributed by atoms with Crippen molar-refractivity contribution in [1.29, 1.82) is 0 Å². The molecule has 2 rings (SSSR count). The van der Waals surface area contributed by atoms with Gasteiger partial charge in [-0.1, -0.05) is 44.4 Å². The number of fused-ring (bicyclic) bond motifs is 1. The fourth-order valence-electron chi connectivity index (χ4n) is 2.74. The van der Waals surface area contributed by atoms with Gasteiger partial charge >= 0.3 is 0 Å². The topological polar surface area (TPSA) is 21.3 Å². The molecular formula is C16H25NO. The van der Waals surface area contributed by atoms with Crippen molar-refractivity contribution in [3.63, 3.8) is 0 Å². The molecule has 0 spiro atoms. The largest absolute Gasteiger partial charge is 0.493 e. The van der Waals surface area contributed by atoms with E-state index >= 15 is 0 Å². The highest BCUT2D eigenvalue weighted by Gasteiger charge is 2.19. The van der Waals surface area contributed by atoms with Gasteiger partial charge in [0.15, 0.2) is 0 Å². The molecule has 2 nitrogen and oxygen atoms in total. The van der Waals surface area contributed by atoms with Crippen LogP contribution in [0.5, 0.6) is 5.75 Å². The van der Waals surface area contributed by atoms with Crippen LogP contribution >= 0.6 is 0 Å². The second-order valence-electron chi connectivity index (χ2n) is 5.12. The molecule has 1 aromatic carbocycles. The summed E-state index contributed by atoms with van der Waals surface area (Å²) in [5, 5.41) is 3.45. The zero-order valence-electron chi connectivity index (χ0n) is 11.7. The van der Waals surface area contributed by atoms with Gasteiger partial charge in [-0.3, -0.25) is 0 Å². The Morgan fingerprint density at radius 1 is 1.33 bits per heavy atom. The molecule has 0 amide bonds. The second-order valence-corrected chi connectivity index (χ2v) is 5.12. The highest BCUT2D eigenvalue weighted by molar-refractivity contribution is 5.44. The van der Waals surface area contributed by atoms with Crippen LogP contribution in [0.15, 0.2) is 18.2 Å². The molecule has 0 bridgehead atoms. The number of para-hydroxylation sites is 1. The van der Waals surface area contributed by atoms with Crippen LogP contribution in [0.3, 0.4) is 0 Å². The molecule has 0 aromatic heterocycles. The summed E-state index contributed by atoms with van der Waals surface area (Å²) in [5.74, 6) is 1.15. The van der Waals surface area contributed by atoms with E-state index in [2.05, 4.69) is 37.5 Å². The first-order valence-corrected chi connectivity index (χ1v) is 7.28. The highest BCUT2D eigenvalue weighted by Crippen LogP contribution is 2.34. The SMILES string of the molecule is CCCCCC(NC)c1cccc2c1OCCC2. The van der Waals surface area contributed by atoms with Gasteiger partial charge in [0.1, 0.15) is 5.75 Å². The third-order valence-electron chi connectivity index (χ3n) is 3.78. The van der Waals surface area contributed by atoms with E-state index in [9.17, 15) is 0 Å². The first kappa shape index (κ1) is 13.4. The normalized spacial score (nSPS) is 15.9. The van der Waals surface area contributed by atoms with Crippen molar-refractivity contribution in [2.45, 2.75) is 51.5 Å². The lowest BCUT2D eigenvalue weighted by Gasteiger charge is -2.25. The number of hydrogen-bond donors (Lipinski definition) is 1. The molecule has 0 saturated carbocycles. The monoisotopic (exact) mass is 247 g/mol. The minimum atomic E-state index is 0.435. The van der Waals surface area contributed by atoms with E-state index in [-0.39, 0.29) is 0 Å². The molecular weight excluding hydrogens is 222 g/mol. The number of nitrogens with one attached hydrogen (secondary N) is 1. The number of unbranched alkanes of at least 4 members (excludes halogenated alkanes) is 2. The molecule has 1 N–H and O–H groups in total. The average Bonchev–Trinajstić information content (AvgIpc) is 2.43. The quantitative estimate of drug-likeness (QED) is 0.771. The van der Waals surface area contributed by atoms with Crippen molar-refractivity contribution >= 4 is 0 Å². The molecule has 18 heavy (non-hydrogen) atoms. The maximum Gasteiger partial charge on any atom is 0.127 e. The molecule has 1 aromatic rings. The van der Waals surface area contributed by atoms with Crippen molar-refractivity contribution in [2.24, 2.45) is 0 Å². The molecule has 1 aliphatic heterocycles. The Bertz CT molecular complexity index is 375. The molecule has 0 radical (unpaired) electrons. The van der Waals surface area contributed by atoms with E-state index in [1.807, 2.05) is 0 Å².